The van der Waals surface area contributed by atoms with E-state index < -0.39 is 5.41 Å². The minimum absolute atomic E-state index is 0.462. The number of hydrogen-bond donors (Lipinski definition) is 0. The van der Waals surface area contributed by atoms with E-state index >= 15 is 0 Å². The van der Waals surface area contributed by atoms with Gasteiger partial charge in [-0.05, 0) is 137 Å². The average Bonchev–Trinajstić information content (AvgIpc) is 3.94. The number of para-hydroxylation sites is 1. The highest BCUT2D eigenvalue weighted by Gasteiger charge is 2.50. The lowest BCUT2D eigenvalue weighted by Crippen LogP contribution is -2.32. The van der Waals surface area contributed by atoms with Crippen LogP contribution in [0.4, 0.5) is 17.1 Å². The van der Waals surface area contributed by atoms with Gasteiger partial charge in [0.1, 0.15) is 11.2 Å². The Balaban J connectivity index is 0.969. The third-order valence-corrected chi connectivity index (χ3v) is 16.2. The van der Waals surface area contributed by atoms with Gasteiger partial charge in [0.05, 0.1) is 5.41 Å². The fourth-order valence-corrected chi connectivity index (χ4v) is 13.2. The van der Waals surface area contributed by atoms with E-state index in [9.17, 15) is 0 Å². The highest BCUT2D eigenvalue weighted by Crippen LogP contribution is 2.62. The minimum Gasteiger partial charge on any atom is -0.455 e. The normalized spacial score (nSPS) is 13.2. The second-order valence-electron chi connectivity index (χ2n) is 18.7. The van der Waals surface area contributed by atoms with E-state index in [1.54, 1.807) is 0 Å². The Bertz CT molecular complexity index is 4240. The summed E-state index contributed by atoms with van der Waals surface area (Å²) >= 11 is 1.88. The van der Waals surface area contributed by atoms with Crippen LogP contribution in [-0.2, 0) is 5.41 Å². The van der Waals surface area contributed by atoms with Crippen LogP contribution in [0.3, 0.4) is 0 Å². The minimum atomic E-state index is -0.462. The monoisotopic (exact) mass is 907 g/mol. The number of nitrogens with zero attached hydrogens (tertiary/aromatic N) is 1. The van der Waals surface area contributed by atoms with Crippen molar-refractivity contribution in [2.24, 2.45) is 0 Å². The fraction of sp³-hybridized carbons (Fsp3) is 0.0149. The van der Waals surface area contributed by atoms with Gasteiger partial charge in [-0.1, -0.05) is 206 Å². The first kappa shape index (κ1) is 39.4. The topological polar surface area (TPSA) is 16.4 Å². The largest absolute Gasteiger partial charge is 0.455 e. The standard InChI is InChI=1S/C67H41NOS/c1-3-17-50-43(14-1)16-13-22-52(50)57-39-49(40-58-55-21-7-11-26-63(55)69-66(57)58)68(47-34-32-42(33-35-47)46-31-30-45-29-28-44-15-2-4-18-51(44)56(45)38-46)48-36-37-62-65(41-48)70-64-27-12-10-25-61(64)67(62)59-23-8-5-19-53(59)54-20-6-9-24-60(54)67/h1-41H. The van der Waals surface area contributed by atoms with Crippen molar-refractivity contribution in [1.29, 1.82) is 0 Å². The molecule has 1 aliphatic carbocycles. The number of benzene rings is 12. The van der Waals surface area contributed by atoms with Gasteiger partial charge in [-0.25, -0.2) is 0 Å². The van der Waals surface area contributed by atoms with Gasteiger partial charge >= 0.3 is 0 Å². The van der Waals surface area contributed by atoms with Crippen LogP contribution in [-0.4, -0.2) is 0 Å². The number of hydrogen-bond acceptors (Lipinski definition) is 3. The number of furan rings is 1. The quantitative estimate of drug-likeness (QED) is 0.160. The molecule has 1 aromatic heterocycles. The zero-order valence-corrected chi connectivity index (χ0v) is 38.8. The van der Waals surface area contributed by atoms with Crippen molar-refractivity contribution < 1.29 is 4.42 Å². The molecule has 0 saturated heterocycles. The molecule has 15 rings (SSSR count). The summed E-state index contributed by atoms with van der Waals surface area (Å²) in [6, 6.07) is 91.9. The van der Waals surface area contributed by atoms with Crippen LogP contribution in [0.25, 0.3) is 87.6 Å². The summed E-state index contributed by atoms with van der Waals surface area (Å²) in [5.74, 6) is 0. The van der Waals surface area contributed by atoms with Gasteiger partial charge < -0.3 is 9.32 Å². The summed E-state index contributed by atoms with van der Waals surface area (Å²) < 4.78 is 6.85. The first-order valence-corrected chi connectivity index (χ1v) is 24.9. The molecule has 70 heavy (non-hydrogen) atoms. The first-order valence-electron chi connectivity index (χ1n) is 24.1. The third-order valence-electron chi connectivity index (χ3n) is 15.1. The summed E-state index contributed by atoms with van der Waals surface area (Å²) in [5.41, 5.74) is 17.0. The molecule has 1 spiro atoms. The van der Waals surface area contributed by atoms with Gasteiger partial charge in [0, 0.05) is 43.2 Å². The Morgan fingerprint density at radius 1 is 0.314 bits per heavy atom. The molecule has 13 aromatic rings. The maximum absolute atomic E-state index is 6.85. The van der Waals surface area contributed by atoms with Gasteiger partial charge in [0.2, 0.25) is 0 Å². The Kier molecular flexibility index (Phi) is 8.54. The molecule has 0 bridgehead atoms. The van der Waals surface area contributed by atoms with Crippen molar-refractivity contribution in [3.8, 4) is 33.4 Å². The lowest BCUT2D eigenvalue weighted by Gasteiger charge is -2.40. The molecule has 326 valence electrons. The Morgan fingerprint density at radius 3 is 1.69 bits per heavy atom. The molecule has 3 heteroatoms. The lowest BCUT2D eigenvalue weighted by molar-refractivity contribution is 0.670. The summed E-state index contributed by atoms with van der Waals surface area (Å²) in [6.07, 6.45) is 0. The maximum atomic E-state index is 6.85. The summed E-state index contributed by atoms with van der Waals surface area (Å²) in [4.78, 5) is 4.98. The molecular formula is C67H41NOS. The fourth-order valence-electron chi connectivity index (χ4n) is 12.0. The van der Waals surface area contributed by atoms with Gasteiger partial charge in [0.25, 0.3) is 0 Å². The van der Waals surface area contributed by atoms with E-state index in [0.717, 1.165) is 50.1 Å². The molecule has 0 saturated carbocycles. The summed E-state index contributed by atoms with van der Waals surface area (Å²) in [7, 11) is 0. The molecule has 2 heterocycles. The van der Waals surface area contributed by atoms with Crippen LogP contribution >= 0.6 is 11.8 Å². The second-order valence-corrected chi connectivity index (χ2v) is 19.8. The van der Waals surface area contributed by atoms with Gasteiger partial charge in [-0.15, -0.1) is 0 Å². The molecule has 0 radical (unpaired) electrons. The molecule has 0 fully saturated rings. The Morgan fingerprint density at radius 2 is 0.886 bits per heavy atom. The molecule has 0 unspecified atom stereocenters. The number of anilines is 3. The van der Waals surface area contributed by atoms with Crippen molar-refractivity contribution in [2.45, 2.75) is 15.2 Å². The highest BCUT2D eigenvalue weighted by molar-refractivity contribution is 7.99. The summed E-state index contributed by atoms with van der Waals surface area (Å²) in [6.45, 7) is 0. The first-order chi connectivity index (χ1) is 34.7. The predicted octanol–water partition coefficient (Wildman–Crippen LogP) is 18.7. The zero-order valence-electron chi connectivity index (χ0n) is 37.9. The Hall–Kier alpha value is -8.63. The second kappa shape index (κ2) is 15.2. The zero-order chi connectivity index (χ0) is 45.9. The van der Waals surface area contributed by atoms with Crippen molar-refractivity contribution in [2.75, 3.05) is 4.90 Å². The van der Waals surface area contributed by atoms with Gasteiger partial charge in [0.15, 0.2) is 0 Å². The maximum Gasteiger partial charge on any atom is 0.143 e. The van der Waals surface area contributed by atoms with Crippen LogP contribution in [0.5, 0.6) is 0 Å². The van der Waals surface area contributed by atoms with Gasteiger partial charge in [-0.3, -0.25) is 0 Å². The Labute approximate surface area is 409 Å². The van der Waals surface area contributed by atoms with Crippen molar-refractivity contribution in [3.63, 3.8) is 0 Å². The van der Waals surface area contributed by atoms with Gasteiger partial charge in [-0.2, -0.15) is 0 Å². The van der Waals surface area contributed by atoms with Crippen molar-refractivity contribution in [1.82, 2.24) is 0 Å². The van der Waals surface area contributed by atoms with E-state index in [-0.39, 0.29) is 0 Å². The highest BCUT2D eigenvalue weighted by atomic mass is 32.2. The lowest BCUT2D eigenvalue weighted by atomic mass is 9.67. The van der Waals surface area contributed by atoms with Crippen LogP contribution in [0, 0.1) is 0 Å². The van der Waals surface area contributed by atoms with Crippen LogP contribution in [0.1, 0.15) is 22.3 Å². The van der Waals surface area contributed by atoms with Crippen molar-refractivity contribution >= 4 is 83.1 Å². The van der Waals surface area contributed by atoms with E-state index in [1.165, 1.54) is 86.6 Å². The van der Waals surface area contributed by atoms with Crippen molar-refractivity contribution in [3.05, 3.63) is 271 Å². The molecule has 0 N–H and O–H groups in total. The molecule has 0 atom stereocenters. The molecule has 0 amide bonds. The number of fused-ring (bicyclic) bond motifs is 16. The molecule has 1 aliphatic heterocycles. The third kappa shape index (κ3) is 5.70. The summed E-state index contributed by atoms with van der Waals surface area (Å²) in [5, 5.41) is 9.60. The van der Waals surface area contributed by atoms with E-state index in [1.807, 2.05) is 11.8 Å². The van der Waals surface area contributed by atoms with E-state index in [4.69, 9.17) is 4.42 Å². The molecule has 2 nitrogen and oxygen atoms in total. The smallest absolute Gasteiger partial charge is 0.143 e. The van der Waals surface area contributed by atoms with E-state index in [0.29, 0.717) is 0 Å². The predicted molar refractivity (Wildman–Crippen MR) is 293 cm³/mol. The average molecular weight is 908 g/mol. The SMILES string of the molecule is c1ccc2c(c1)Sc1cc(N(c3ccc(-c4ccc5ccc6ccccc6c5c4)cc3)c3cc(-c4cccc5ccccc45)c4oc5ccccc5c4c3)ccc1C21c2ccccc2-c2ccccc21. The molecule has 12 aromatic carbocycles. The molecular weight excluding hydrogens is 867 g/mol. The van der Waals surface area contributed by atoms with Crippen LogP contribution < -0.4 is 4.90 Å². The molecule has 2 aliphatic rings. The number of rotatable bonds is 5. The van der Waals surface area contributed by atoms with E-state index in [2.05, 4.69) is 254 Å². The van der Waals surface area contributed by atoms with Crippen LogP contribution in [0.15, 0.2) is 263 Å². The van der Waals surface area contributed by atoms with Crippen LogP contribution in [0.2, 0.25) is 0 Å².